The van der Waals surface area contributed by atoms with E-state index in [0.29, 0.717) is 0 Å². The first-order chi connectivity index (χ1) is 6.22. The lowest BCUT2D eigenvalue weighted by Crippen LogP contribution is -2.19. The quantitative estimate of drug-likeness (QED) is 0.641. The number of rotatable bonds is 1. The predicted molar refractivity (Wildman–Crippen MR) is 45.9 cm³/mol. The molecule has 0 unspecified atom stereocenters. The Hall–Kier alpha value is -0.840. The summed E-state index contributed by atoms with van der Waals surface area (Å²) in [4.78, 5) is 23.6. The number of halogens is 1. The number of hydrogen-bond acceptors (Lipinski definition) is 4. The summed E-state index contributed by atoms with van der Waals surface area (Å²) >= 11 is 3.09. The van der Waals surface area contributed by atoms with Crippen molar-refractivity contribution in [2.45, 2.75) is 18.6 Å². The third-order valence-electron chi connectivity index (χ3n) is 2.22. The summed E-state index contributed by atoms with van der Waals surface area (Å²) in [6.07, 6.45) is 0.952. The van der Waals surface area contributed by atoms with Gasteiger partial charge in [0.25, 0.3) is 0 Å². The van der Waals surface area contributed by atoms with E-state index in [2.05, 4.69) is 15.9 Å². The monoisotopic (exact) mass is 246 g/mol. The number of cyclic esters (lactones) is 1. The summed E-state index contributed by atoms with van der Waals surface area (Å²) in [5.74, 6) is -0.903. The zero-order valence-corrected chi connectivity index (χ0v) is 8.19. The molecule has 5 heteroatoms. The lowest BCUT2D eigenvalue weighted by molar-refractivity contribution is -0.157. The number of carbonyl (C=O) groups excluding carboxylic acids is 2. The zero-order valence-electron chi connectivity index (χ0n) is 6.60. The Bertz CT molecular complexity index is 286. The van der Waals surface area contributed by atoms with Gasteiger partial charge in [0.1, 0.15) is 6.10 Å². The second-order valence-electron chi connectivity index (χ2n) is 3.00. The van der Waals surface area contributed by atoms with Gasteiger partial charge in [-0.05, 0) is 11.1 Å². The van der Waals surface area contributed by atoms with Crippen LogP contribution in [0, 0.1) is 5.92 Å². The Balaban J connectivity index is 2.19. The highest BCUT2D eigenvalue weighted by Gasteiger charge is 2.51. The minimum absolute atomic E-state index is 0.145. The van der Waals surface area contributed by atoms with Crippen LogP contribution in [-0.4, -0.2) is 24.1 Å². The fourth-order valence-corrected chi connectivity index (χ4v) is 1.93. The van der Waals surface area contributed by atoms with E-state index in [0.717, 1.165) is 0 Å². The van der Waals surface area contributed by atoms with Crippen LogP contribution in [0.5, 0.6) is 0 Å². The van der Waals surface area contributed by atoms with Gasteiger partial charge in [0.15, 0.2) is 0 Å². The SMILES string of the molecule is O=C1C[C@@H]2[C@H](/C=C\Br)OC(=O)[C@@H]2O1. The summed E-state index contributed by atoms with van der Waals surface area (Å²) in [7, 11) is 0. The maximum atomic E-state index is 11.1. The van der Waals surface area contributed by atoms with Gasteiger partial charge < -0.3 is 9.47 Å². The molecule has 2 fully saturated rings. The molecule has 0 aromatic rings. The Morgan fingerprint density at radius 3 is 2.85 bits per heavy atom. The van der Waals surface area contributed by atoms with Gasteiger partial charge in [-0.1, -0.05) is 15.9 Å². The molecule has 0 aromatic carbocycles. The van der Waals surface area contributed by atoms with Crippen LogP contribution in [0.2, 0.25) is 0 Å². The molecule has 0 aromatic heterocycles. The fraction of sp³-hybridized carbons (Fsp3) is 0.500. The van der Waals surface area contributed by atoms with Crippen molar-refractivity contribution in [2.75, 3.05) is 0 Å². The van der Waals surface area contributed by atoms with E-state index in [1.165, 1.54) is 0 Å². The molecule has 2 aliphatic heterocycles. The van der Waals surface area contributed by atoms with Gasteiger partial charge >= 0.3 is 11.9 Å². The minimum Gasteiger partial charge on any atom is -0.455 e. The molecule has 2 heterocycles. The first-order valence-corrected chi connectivity index (χ1v) is 4.81. The van der Waals surface area contributed by atoms with E-state index in [9.17, 15) is 9.59 Å². The van der Waals surface area contributed by atoms with Gasteiger partial charge in [0.2, 0.25) is 6.10 Å². The lowest BCUT2D eigenvalue weighted by atomic mass is 9.98. The summed E-state index contributed by atoms with van der Waals surface area (Å²) in [6.45, 7) is 0. The van der Waals surface area contributed by atoms with Crippen molar-refractivity contribution in [3.63, 3.8) is 0 Å². The van der Waals surface area contributed by atoms with Crippen molar-refractivity contribution in [1.82, 2.24) is 0 Å². The molecule has 3 atom stereocenters. The molecule has 0 bridgehead atoms. The van der Waals surface area contributed by atoms with Crippen LogP contribution in [0.15, 0.2) is 11.1 Å². The number of hydrogen-bond donors (Lipinski definition) is 0. The van der Waals surface area contributed by atoms with Crippen molar-refractivity contribution in [1.29, 1.82) is 0 Å². The van der Waals surface area contributed by atoms with Crippen LogP contribution in [-0.2, 0) is 19.1 Å². The molecule has 0 amide bonds. The van der Waals surface area contributed by atoms with Crippen molar-refractivity contribution in [3.05, 3.63) is 11.1 Å². The van der Waals surface area contributed by atoms with Crippen LogP contribution >= 0.6 is 15.9 Å². The molecule has 0 N–H and O–H groups in total. The van der Waals surface area contributed by atoms with E-state index < -0.39 is 12.1 Å². The van der Waals surface area contributed by atoms with Crippen LogP contribution in [0.25, 0.3) is 0 Å². The third kappa shape index (κ3) is 1.37. The van der Waals surface area contributed by atoms with Crippen LogP contribution in [0.3, 0.4) is 0 Å². The Morgan fingerprint density at radius 1 is 1.38 bits per heavy atom. The van der Waals surface area contributed by atoms with Gasteiger partial charge in [0.05, 0.1) is 12.3 Å². The van der Waals surface area contributed by atoms with Crippen molar-refractivity contribution >= 4 is 27.9 Å². The van der Waals surface area contributed by atoms with Crippen LogP contribution in [0.1, 0.15) is 6.42 Å². The predicted octanol–water partition coefficient (Wildman–Crippen LogP) is 0.752. The van der Waals surface area contributed by atoms with E-state index in [1.807, 2.05) is 0 Å². The molecule has 13 heavy (non-hydrogen) atoms. The maximum absolute atomic E-state index is 11.1. The third-order valence-corrected chi connectivity index (χ3v) is 2.52. The van der Waals surface area contributed by atoms with Gasteiger partial charge in [-0.15, -0.1) is 0 Å². The fourth-order valence-electron chi connectivity index (χ4n) is 1.63. The Labute approximate surface area is 83.0 Å². The molecule has 4 nitrogen and oxygen atoms in total. The highest BCUT2D eigenvalue weighted by atomic mass is 79.9. The second kappa shape index (κ2) is 3.14. The molecule has 2 rings (SSSR count). The summed E-state index contributed by atoms with van der Waals surface area (Å²) in [5, 5.41) is 0. The lowest BCUT2D eigenvalue weighted by Gasteiger charge is -2.06. The largest absolute Gasteiger partial charge is 0.455 e. The van der Waals surface area contributed by atoms with Gasteiger partial charge in [-0.2, -0.15) is 0 Å². The molecule has 2 saturated heterocycles. The molecule has 0 spiro atoms. The minimum atomic E-state index is -0.679. The van der Waals surface area contributed by atoms with Crippen molar-refractivity contribution in [3.8, 4) is 0 Å². The van der Waals surface area contributed by atoms with Crippen molar-refractivity contribution < 1.29 is 19.1 Å². The number of fused-ring (bicyclic) bond motifs is 1. The first-order valence-electron chi connectivity index (χ1n) is 3.89. The highest BCUT2D eigenvalue weighted by molar-refractivity contribution is 9.11. The Morgan fingerprint density at radius 2 is 2.15 bits per heavy atom. The molecule has 0 aliphatic carbocycles. The normalized spacial score (nSPS) is 37.8. The first kappa shape index (κ1) is 8.74. The number of esters is 2. The molecule has 2 aliphatic rings. The van der Waals surface area contributed by atoms with Gasteiger partial charge in [0, 0.05) is 0 Å². The topological polar surface area (TPSA) is 52.6 Å². The molecule has 70 valence electrons. The number of carbonyl (C=O) groups is 2. The molecule has 0 saturated carbocycles. The molecular weight excluding hydrogens is 240 g/mol. The highest BCUT2D eigenvalue weighted by Crippen LogP contribution is 2.34. The molecule has 0 radical (unpaired) electrons. The summed E-state index contributed by atoms with van der Waals surface area (Å²) < 4.78 is 9.80. The van der Waals surface area contributed by atoms with E-state index in [4.69, 9.17) is 9.47 Å². The van der Waals surface area contributed by atoms with Crippen LogP contribution < -0.4 is 0 Å². The van der Waals surface area contributed by atoms with Crippen LogP contribution in [0.4, 0.5) is 0 Å². The average molecular weight is 247 g/mol. The van der Waals surface area contributed by atoms with E-state index >= 15 is 0 Å². The maximum Gasteiger partial charge on any atom is 0.348 e. The van der Waals surface area contributed by atoms with E-state index in [-0.39, 0.29) is 24.4 Å². The van der Waals surface area contributed by atoms with Gasteiger partial charge in [-0.25, -0.2) is 4.79 Å². The Kier molecular flexibility index (Phi) is 2.11. The summed E-state index contributed by atoms with van der Waals surface area (Å²) in [5.41, 5.74) is 0. The standard InChI is InChI=1S/C8H7BrO4/c9-2-1-5-4-3-6(10)13-7(4)8(11)12-5/h1-2,4-5,7H,3H2/b2-1-/t4-,5+,7-/m1/s1. The zero-order chi connectivity index (χ0) is 9.42. The average Bonchev–Trinajstić information content (AvgIpc) is 2.55. The number of ether oxygens (including phenoxy) is 2. The second-order valence-corrected chi connectivity index (χ2v) is 3.53. The van der Waals surface area contributed by atoms with Crippen molar-refractivity contribution in [2.24, 2.45) is 5.92 Å². The molecular formula is C8H7BrO4. The van der Waals surface area contributed by atoms with Gasteiger partial charge in [-0.3, -0.25) is 4.79 Å². The van der Waals surface area contributed by atoms with E-state index in [1.54, 1.807) is 11.1 Å². The summed E-state index contributed by atoms with van der Waals surface area (Å²) in [6, 6.07) is 0. The smallest absolute Gasteiger partial charge is 0.348 e.